The standard InChI is InChI=1S/C8H14N2/c1-8-6-4-5-7-10(8)9(2)3/h4-5H,1,6-7H2,2-3H3. The van der Waals surface area contributed by atoms with Crippen LogP contribution in [0.2, 0.25) is 0 Å². The molecule has 0 saturated heterocycles. The van der Waals surface area contributed by atoms with Gasteiger partial charge in [0.2, 0.25) is 0 Å². The van der Waals surface area contributed by atoms with Crippen LogP contribution in [0.1, 0.15) is 6.42 Å². The Morgan fingerprint density at radius 3 is 2.60 bits per heavy atom. The Morgan fingerprint density at radius 1 is 1.50 bits per heavy atom. The van der Waals surface area contributed by atoms with Crippen LogP contribution in [0.25, 0.3) is 0 Å². The van der Waals surface area contributed by atoms with Crippen LogP contribution in [0.4, 0.5) is 0 Å². The predicted octanol–water partition coefficient (Wildman–Crippen LogP) is 1.24. The molecule has 10 heavy (non-hydrogen) atoms. The van der Waals surface area contributed by atoms with Crippen LogP contribution in [0.3, 0.4) is 0 Å². The van der Waals surface area contributed by atoms with Crippen molar-refractivity contribution in [2.45, 2.75) is 6.42 Å². The summed E-state index contributed by atoms with van der Waals surface area (Å²) < 4.78 is 0. The zero-order valence-corrected chi connectivity index (χ0v) is 6.67. The van der Waals surface area contributed by atoms with Gasteiger partial charge in [0.25, 0.3) is 0 Å². The van der Waals surface area contributed by atoms with Gasteiger partial charge in [-0.15, -0.1) is 0 Å². The van der Waals surface area contributed by atoms with Crippen molar-refractivity contribution in [3.8, 4) is 0 Å². The van der Waals surface area contributed by atoms with E-state index in [0.29, 0.717) is 0 Å². The molecule has 0 aromatic heterocycles. The van der Waals surface area contributed by atoms with Gasteiger partial charge in [0.05, 0.1) is 6.54 Å². The Hall–Kier alpha value is -0.760. The highest BCUT2D eigenvalue weighted by atomic mass is 15.6. The van der Waals surface area contributed by atoms with Gasteiger partial charge in [0, 0.05) is 26.2 Å². The zero-order valence-electron chi connectivity index (χ0n) is 6.67. The Labute approximate surface area is 62.4 Å². The van der Waals surface area contributed by atoms with Crippen molar-refractivity contribution in [3.63, 3.8) is 0 Å². The maximum absolute atomic E-state index is 3.95. The summed E-state index contributed by atoms with van der Waals surface area (Å²) in [6.07, 6.45) is 5.30. The molecule has 0 atom stereocenters. The molecule has 0 aromatic rings. The molecule has 0 aromatic carbocycles. The monoisotopic (exact) mass is 138 g/mol. The van der Waals surface area contributed by atoms with Gasteiger partial charge in [0.15, 0.2) is 0 Å². The fourth-order valence-electron chi connectivity index (χ4n) is 1.07. The van der Waals surface area contributed by atoms with Gasteiger partial charge in [-0.3, -0.25) is 0 Å². The largest absolute Gasteiger partial charge is 0.307 e. The van der Waals surface area contributed by atoms with Crippen molar-refractivity contribution in [2.75, 3.05) is 20.6 Å². The summed E-state index contributed by atoms with van der Waals surface area (Å²) in [4.78, 5) is 0. The van der Waals surface area contributed by atoms with Gasteiger partial charge in [-0.1, -0.05) is 18.7 Å². The van der Waals surface area contributed by atoms with Crippen LogP contribution < -0.4 is 0 Å². The number of hydrogen-bond acceptors (Lipinski definition) is 2. The maximum Gasteiger partial charge on any atom is 0.0524 e. The molecule has 1 rings (SSSR count). The lowest BCUT2D eigenvalue weighted by Gasteiger charge is -2.33. The lowest BCUT2D eigenvalue weighted by Crippen LogP contribution is -2.37. The van der Waals surface area contributed by atoms with Crippen molar-refractivity contribution >= 4 is 0 Å². The molecular weight excluding hydrogens is 124 g/mol. The van der Waals surface area contributed by atoms with Crippen LogP contribution in [0, 0.1) is 0 Å². The molecule has 0 amide bonds. The van der Waals surface area contributed by atoms with Crippen molar-refractivity contribution in [3.05, 3.63) is 24.4 Å². The molecule has 0 bridgehead atoms. The number of rotatable bonds is 1. The van der Waals surface area contributed by atoms with E-state index >= 15 is 0 Å². The third-order valence-corrected chi connectivity index (χ3v) is 1.65. The maximum atomic E-state index is 3.95. The minimum atomic E-state index is 0.964. The average Bonchev–Trinajstić information content (AvgIpc) is 1.88. The molecular formula is C8H14N2. The highest BCUT2D eigenvalue weighted by Crippen LogP contribution is 2.12. The van der Waals surface area contributed by atoms with Crippen molar-refractivity contribution in [1.29, 1.82) is 0 Å². The minimum Gasteiger partial charge on any atom is -0.307 e. The SMILES string of the molecule is C=C1CC=CCN1N(C)C. The molecule has 0 N–H and O–H groups in total. The molecule has 0 spiro atoms. The molecule has 0 unspecified atom stereocenters. The van der Waals surface area contributed by atoms with Crippen molar-refractivity contribution < 1.29 is 0 Å². The van der Waals surface area contributed by atoms with Crippen molar-refractivity contribution in [1.82, 2.24) is 10.0 Å². The molecule has 2 heteroatoms. The quantitative estimate of drug-likeness (QED) is 0.503. The predicted molar refractivity (Wildman–Crippen MR) is 43.3 cm³/mol. The molecule has 0 aliphatic carbocycles. The summed E-state index contributed by atoms with van der Waals surface area (Å²) in [5, 5.41) is 4.21. The molecule has 0 saturated carbocycles. The molecule has 56 valence electrons. The Morgan fingerprint density at radius 2 is 2.20 bits per heavy atom. The van der Waals surface area contributed by atoms with Crippen LogP contribution >= 0.6 is 0 Å². The minimum absolute atomic E-state index is 0.964. The Bertz CT molecular complexity index is 159. The van der Waals surface area contributed by atoms with Crippen LogP contribution in [-0.2, 0) is 0 Å². The van der Waals surface area contributed by atoms with Crippen LogP contribution in [0.5, 0.6) is 0 Å². The second-order valence-electron chi connectivity index (χ2n) is 2.67. The van der Waals surface area contributed by atoms with E-state index in [2.05, 4.69) is 28.7 Å². The smallest absolute Gasteiger partial charge is 0.0524 e. The van der Waals surface area contributed by atoms with Gasteiger partial charge >= 0.3 is 0 Å². The summed E-state index contributed by atoms with van der Waals surface area (Å²) in [5.74, 6) is 0. The Kier molecular flexibility index (Phi) is 2.12. The highest BCUT2D eigenvalue weighted by Gasteiger charge is 2.09. The van der Waals surface area contributed by atoms with Gasteiger partial charge in [-0.05, 0) is 0 Å². The molecule has 0 radical (unpaired) electrons. The molecule has 0 fully saturated rings. The first-order valence-electron chi connectivity index (χ1n) is 3.49. The van der Waals surface area contributed by atoms with Crippen LogP contribution in [0.15, 0.2) is 24.4 Å². The first-order valence-corrected chi connectivity index (χ1v) is 3.49. The summed E-state index contributed by atoms with van der Waals surface area (Å²) >= 11 is 0. The van der Waals surface area contributed by atoms with Gasteiger partial charge < -0.3 is 5.01 Å². The number of nitrogens with zero attached hydrogens (tertiary/aromatic N) is 2. The zero-order chi connectivity index (χ0) is 7.56. The van der Waals surface area contributed by atoms with E-state index in [1.54, 1.807) is 0 Å². The van der Waals surface area contributed by atoms with E-state index < -0.39 is 0 Å². The lowest BCUT2D eigenvalue weighted by molar-refractivity contribution is 0.0746. The van der Waals surface area contributed by atoms with E-state index in [4.69, 9.17) is 0 Å². The van der Waals surface area contributed by atoms with E-state index in [-0.39, 0.29) is 0 Å². The fourth-order valence-corrected chi connectivity index (χ4v) is 1.07. The molecule has 1 aliphatic rings. The first-order chi connectivity index (χ1) is 4.72. The summed E-state index contributed by atoms with van der Waals surface area (Å²) in [6, 6.07) is 0. The summed E-state index contributed by atoms with van der Waals surface area (Å²) in [5.41, 5.74) is 1.17. The fraction of sp³-hybridized carbons (Fsp3) is 0.500. The van der Waals surface area contributed by atoms with Gasteiger partial charge in [0.1, 0.15) is 0 Å². The van der Waals surface area contributed by atoms with Gasteiger partial charge in [-0.2, -0.15) is 0 Å². The van der Waals surface area contributed by atoms with E-state index in [1.165, 1.54) is 5.70 Å². The highest BCUT2D eigenvalue weighted by molar-refractivity contribution is 5.07. The third-order valence-electron chi connectivity index (χ3n) is 1.65. The topological polar surface area (TPSA) is 6.48 Å². The molecule has 2 nitrogen and oxygen atoms in total. The Balaban J connectivity index is 2.59. The second-order valence-corrected chi connectivity index (χ2v) is 2.67. The third kappa shape index (κ3) is 1.39. The average molecular weight is 138 g/mol. The summed E-state index contributed by atoms with van der Waals surface area (Å²) in [7, 11) is 4.06. The molecule has 1 heterocycles. The molecule has 1 aliphatic heterocycles. The number of hydrogen-bond donors (Lipinski definition) is 0. The normalized spacial score (nSPS) is 18.7. The van der Waals surface area contributed by atoms with E-state index in [0.717, 1.165) is 13.0 Å². The van der Waals surface area contributed by atoms with Crippen molar-refractivity contribution in [2.24, 2.45) is 0 Å². The summed E-state index contributed by atoms with van der Waals surface area (Å²) in [6.45, 7) is 4.91. The van der Waals surface area contributed by atoms with Gasteiger partial charge in [-0.25, -0.2) is 5.01 Å². The second kappa shape index (κ2) is 2.88. The van der Waals surface area contributed by atoms with E-state index in [9.17, 15) is 0 Å². The van der Waals surface area contributed by atoms with Crippen LogP contribution in [-0.4, -0.2) is 30.7 Å². The van der Waals surface area contributed by atoms with E-state index in [1.807, 2.05) is 14.1 Å². The lowest BCUT2D eigenvalue weighted by atomic mass is 10.2. The first kappa shape index (κ1) is 7.35. The number of hydrazine groups is 1. The number of allylic oxidation sites excluding steroid dienone is 1.